The normalized spacial score (nSPS) is 23.1. The molecule has 0 heterocycles. The van der Waals surface area contributed by atoms with Crippen molar-refractivity contribution in [3.8, 4) is 0 Å². The van der Waals surface area contributed by atoms with Gasteiger partial charge < -0.3 is 10.6 Å². The van der Waals surface area contributed by atoms with E-state index in [1.54, 1.807) is 0 Å². The Bertz CT molecular complexity index is 352. The third-order valence-corrected chi connectivity index (χ3v) is 4.06. The van der Waals surface area contributed by atoms with Gasteiger partial charge in [0.15, 0.2) is 0 Å². The molecule has 1 aromatic rings. The lowest BCUT2D eigenvalue weighted by atomic mass is 9.80. The van der Waals surface area contributed by atoms with Crippen LogP contribution in [-0.4, -0.2) is 31.1 Å². The van der Waals surface area contributed by atoms with E-state index in [4.69, 9.17) is 5.73 Å². The highest BCUT2D eigenvalue weighted by Crippen LogP contribution is 2.25. The highest BCUT2D eigenvalue weighted by Gasteiger charge is 2.26. The number of hydrogen-bond donors (Lipinski definition) is 1. The molecule has 0 amide bonds. The first-order valence-corrected chi connectivity index (χ1v) is 7.19. The molecule has 1 saturated carbocycles. The smallest absolute Gasteiger partial charge is 0.00450 e. The molecule has 2 heteroatoms. The summed E-state index contributed by atoms with van der Waals surface area (Å²) in [6.45, 7) is 4.56. The van der Waals surface area contributed by atoms with Gasteiger partial charge >= 0.3 is 0 Å². The first-order chi connectivity index (χ1) is 8.67. The number of hydrogen-bond acceptors (Lipinski definition) is 2. The molecule has 0 saturated heterocycles. The summed E-state index contributed by atoms with van der Waals surface area (Å²) < 4.78 is 0. The highest BCUT2D eigenvalue weighted by molar-refractivity contribution is 5.22. The minimum Gasteiger partial charge on any atom is -0.328 e. The summed E-state index contributed by atoms with van der Waals surface area (Å²) in [5, 5.41) is 0. The zero-order valence-electron chi connectivity index (χ0n) is 11.7. The molecule has 2 N–H and O–H groups in total. The predicted octanol–water partition coefficient (Wildman–Crippen LogP) is 2.46. The topological polar surface area (TPSA) is 29.3 Å². The number of likely N-dealkylation sites (N-methyl/N-ethyl adjacent to an activating group) is 1. The summed E-state index contributed by atoms with van der Waals surface area (Å²) >= 11 is 0. The molecule has 0 atom stereocenters. The van der Waals surface area contributed by atoms with Crippen LogP contribution < -0.4 is 5.73 Å². The molecule has 0 radical (unpaired) electrons. The van der Waals surface area contributed by atoms with E-state index in [2.05, 4.69) is 43.1 Å². The van der Waals surface area contributed by atoms with Gasteiger partial charge in [-0.05, 0) is 49.8 Å². The molecule has 1 aliphatic carbocycles. The third-order valence-electron chi connectivity index (χ3n) is 4.06. The molecule has 0 spiro atoms. The van der Waals surface area contributed by atoms with Gasteiger partial charge in [-0.2, -0.15) is 0 Å². The van der Waals surface area contributed by atoms with Crippen molar-refractivity contribution in [2.24, 2.45) is 11.7 Å². The van der Waals surface area contributed by atoms with Crippen LogP contribution in [0.1, 0.15) is 30.9 Å². The van der Waals surface area contributed by atoms with Crippen LogP contribution >= 0.6 is 0 Å². The summed E-state index contributed by atoms with van der Waals surface area (Å²) in [5.74, 6) is 0.840. The minimum atomic E-state index is 0.477. The summed E-state index contributed by atoms with van der Waals surface area (Å²) in [4.78, 5) is 2.45. The molecular formula is C16H26N2. The lowest BCUT2D eigenvalue weighted by Gasteiger charge is -2.35. The predicted molar refractivity (Wildman–Crippen MR) is 77.7 cm³/mol. The fourth-order valence-electron chi connectivity index (χ4n) is 2.73. The number of nitrogens with two attached hydrogens (primary N) is 1. The fourth-order valence-corrected chi connectivity index (χ4v) is 2.73. The number of benzene rings is 1. The van der Waals surface area contributed by atoms with E-state index < -0.39 is 0 Å². The Morgan fingerprint density at radius 1 is 1.17 bits per heavy atom. The molecule has 1 aromatic carbocycles. The lowest BCUT2D eigenvalue weighted by molar-refractivity contribution is 0.183. The molecule has 18 heavy (non-hydrogen) atoms. The summed E-state index contributed by atoms with van der Waals surface area (Å²) in [6.07, 6.45) is 4.71. The van der Waals surface area contributed by atoms with Crippen molar-refractivity contribution in [2.75, 3.05) is 20.1 Å². The summed E-state index contributed by atoms with van der Waals surface area (Å²) in [5.41, 5.74) is 8.69. The number of rotatable bonds is 6. The van der Waals surface area contributed by atoms with Gasteiger partial charge in [0.2, 0.25) is 0 Å². The average Bonchev–Trinajstić information content (AvgIpc) is 2.35. The maximum absolute atomic E-state index is 5.82. The van der Waals surface area contributed by atoms with E-state index in [1.165, 1.54) is 30.5 Å². The Labute approximate surface area is 111 Å². The van der Waals surface area contributed by atoms with Gasteiger partial charge in [-0.3, -0.25) is 0 Å². The van der Waals surface area contributed by atoms with Crippen molar-refractivity contribution in [1.29, 1.82) is 0 Å². The van der Waals surface area contributed by atoms with Crippen LogP contribution in [0.25, 0.3) is 0 Å². The number of aryl methyl sites for hydroxylation is 1. The van der Waals surface area contributed by atoms with Crippen LogP contribution in [0, 0.1) is 5.92 Å². The maximum atomic E-state index is 5.82. The molecule has 2 nitrogen and oxygen atoms in total. The van der Waals surface area contributed by atoms with Gasteiger partial charge in [-0.15, -0.1) is 0 Å². The average molecular weight is 246 g/mol. The molecular weight excluding hydrogens is 220 g/mol. The van der Waals surface area contributed by atoms with Gasteiger partial charge in [0.25, 0.3) is 0 Å². The van der Waals surface area contributed by atoms with Crippen molar-refractivity contribution >= 4 is 0 Å². The number of nitrogens with zero attached hydrogens (tertiary/aromatic N) is 1. The fraction of sp³-hybridized carbons (Fsp3) is 0.625. The van der Waals surface area contributed by atoms with Crippen LogP contribution in [0.4, 0.5) is 0 Å². The Morgan fingerprint density at radius 3 is 2.33 bits per heavy atom. The van der Waals surface area contributed by atoms with Crippen molar-refractivity contribution < 1.29 is 0 Å². The molecule has 0 aliphatic heterocycles. The van der Waals surface area contributed by atoms with Crippen molar-refractivity contribution in [3.63, 3.8) is 0 Å². The molecule has 100 valence electrons. The van der Waals surface area contributed by atoms with Crippen molar-refractivity contribution in [2.45, 2.75) is 38.6 Å². The molecule has 2 rings (SSSR count). The monoisotopic (exact) mass is 246 g/mol. The van der Waals surface area contributed by atoms with E-state index >= 15 is 0 Å². The van der Waals surface area contributed by atoms with Crippen LogP contribution in [-0.2, 0) is 12.8 Å². The minimum absolute atomic E-state index is 0.477. The van der Waals surface area contributed by atoms with E-state index in [0.29, 0.717) is 6.04 Å². The Balaban J connectivity index is 1.69. The van der Waals surface area contributed by atoms with Gasteiger partial charge in [0.1, 0.15) is 0 Å². The second-order valence-electron chi connectivity index (χ2n) is 5.78. The Hall–Kier alpha value is -0.860. The molecule has 0 unspecified atom stereocenters. The van der Waals surface area contributed by atoms with Gasteiger partial charge in [0.05, 0.1) is 0 Å². The van der Waals surface area contributed by atoms with Crippen LogP contribution in [0.15, 0.2) is 24.3 Å². The van der Waals surface area contributed by atoms with Crippen LogP contribution in [0.5, 0.6) is 0 Å². The quantitative estimate of drug-likeness (QED) is 0.835. The third kappa shape index (κ3) is 3.82. The highest BCUT2D eigenvalue weighted by atomic mass is 15.1. The Kier molecular flexibility index (Phi) is 4.79. The van der Waals surface area contributed by atoms with Crippen LogP contribution in [0.3, 0.4) is 0 Å². The van der Waals surface area contributed by atoms with Crippen molar-refractivity contribution in [1.82, 2.24) is 4.90 Å². The first-order valence-electron chi connectivity index (χ1n) is 7.19. The van der Waals surface area contributed by atoms with Gasteiger partial charge in [-0.1, -0.05) is 31.2 Å². The zero-order chi connectivity index (χ0) is 13.0. The second kappa shape index (κ2) is 6.35. The molecule has 0 bridgehead atoms. The molecule has 1 aliphatic rings. The van der Waals surface area contributed by atoms with E-state index in [1.807, 2.05) is 0 Å². The zero-order valence-corrected chi connectivity index (χ0v) is 11.7. The molecule has 0 aromatic heterocycles. The SMILES string of the molecule is CCc1ccc(CCN(C)CC2CC(N)C2)cc1. The Morgan fingerprint density at radius 2 is 1.78 bits per heavy atom. The molecule has 1 fully saturated rings. The standard InChI is InChI=1S/C16H26N2/c1-3-13-4-6-14(7-5-13)8-9-18(2)12-15-10-16(17)11-15/h4-7,15-16H,3,8-12,17H2,1-2H3. The van der Waals surface area contributed by atoms with E-state index in [9.17, 15) is 0 Å². The first kappa shape index (κ1) is 13.6. The van der Waals surface area contributed by atoms with Gasteiger partial charge in [0, 0.05) is 19.1 Å². The second-order valence-corrected chi connectivity index (χ2v) is 5.78. The maximum Gasteiger partial charge on any atom is 0.00450 e. The van der Waals surface area contributed by atoms with Gasteiger partial charge in [-0.25, -0.2) is 0 Å². The summed E-state index contributed by atoms with van der Waals surface area (Å²) in [7, 11) is 2.23. The van der Waals surface area contributed by atoms with Crippen LogP contribution in [0.2, 0.25) is 0 Å². The van der Waals surface area contributed by atoms with Crippen molar-refractivity contribution in [3.05, 3.63) is 35.4 Å². The van der Waals surface area contributed by atoms with E-state index in [-0.39, 0.29) is 0 Å². The lowest BCUT2D eigenvalue weighted by Crippen LogP contribution is -2.42. The largest absolute Gasteiger partial charge is 0.328 e. The summed E-state index contributed by atoms with van der Waals surface area (Å²) in [6, 6.07) is 9.52. The van der Waals surface area contributed by atoms with E-state index in [0.717, 1.165) is 25.3 Å².